The van der Waals surface area contributed by atoms with E-state index in [1.54, 1.807) is 12.5 Å². The van der Waals surface area contributed by atoms with Crippen LogP contribution in [0.25, 0.3) is 22.4 Å². The molecule has 3 aromatic rings. The number of hydrogen-bond acceptors (Lipinski definition) is 5. The van der Waals surface area contributed by atoms with Crippen LogP contribution in [0.1, 0.15) is 12.6 Å². The Morgan fingerprint density at radius 1 is 1.39 bits per heavy atom. The molecule has 3 N–H and O–H groups in total. The molecule has 3 rings (SSSR count). The third kappa shape index (κ3) is 1.44. The number of nitrogens with zero attached hydrogens (tertiary/aromatic N) is 5. The SMILES string of the molecule is CCn1ncc(-c2nc(N)nc3nc[nH]c23)c1C. The molecule has 18 heavy (non-hydrogen) atoms. The molecule has 7 heteroatoms. The highest BCUT2D eigenvalue weighted by Crippen LogP contribution is 2.26. The van der Waals surface area contributed by atoms with Gasteiger partial charge in [0.05, 0.1) is 12.5 Å². The first-order chi connectivity index (χ1) is 8.70. The second-order valence-electron chi connectivity index (χ2n) is 3.99. The van der Waals surface area contributed by atoms with Crippen molar-refractivity contribution in [1.29, 1.82) is 0 Å². The van der Waals surface area contributed by atoms with Crippen molar-refractivity contribution in [2.45, 2.75) is 20.4 Å². The Kier molecular flexibility index (Phi) is 2.26. The second kappa shape index (κ2) is 3.80. The van der Waals surface area contributed by atoms with Gasteiger partial charge in [-0.15, -0.1) is 0 Å². The highest BCUT2D eigenvalue weighted by atomic mass is 15.3. The summed E-state index contributed by atoms with van der Waals surface area (Å²) in [7, 11) is 0. The zero-order chi connectivity index (χ0) is 12.7. The van der Waals surface area contributed by atoms with Gasteiger partial charge in [0, 0.05) is 17.8 Å². The molecule has 0 amide bonds. The van der Waals surface area contributed by atoms with Crippen molar-refractivity contribution >= 4 is 17.1 Å². The van der Waals surface area contributed by atoms with E-state index in [2.05, 4.69) is 25.0 Å². The van der Waals surface area contributed by atoms with E-state index in [0.29, 0.717) is 5.65 Å². The molecule has 0 fully saturated rings. The van der Waals surface area contributed by atoms with Gasteiger partial charge in [-0.2, -0.15) is 10.1 Å². The lowest BCUT2D eigenvalue weighted by Crippen LogP contribution is -2.00. The smallest absolute Gasteiger partial charge is 0.222 e. The van der Waals surface area contributed by atoms with Crippen LogP contribution < -0.4 is 5.73 Å². The summed E-state index contributed by atoms with van der Waals surface area (Å²) in [6, 6.07) is 0. The van der Waals surface area contributed by atoms with Crippen molar-refractivity contribution < 1.29 is 0 Å². The van der Waals surface area contributed by atoms with Crippen LogP contribution in [-0.4, -0.2) is 29.7 Å². The summed E-state index contributed by atoms with van der Waals surface area (Å²) in [6.07, 6.45) is 3.38. The van der Waals surface area contributed by atoms with Gasteiger partial charge in [0.2, 0.25) is 5.95 Å². The van der Waals surface area contributed by atoms with Gasteiger partial charge in [0.25, 0.3) is 0 Å². The quantitative estimate of drug-likeness (QED) is 0.703. The van der Waals surface area contributed by atoms with E-state index in [4.69, 9.17) is 5.73 Å². The molecule has 3 aromatic heterocycles. The molecule has 92 valence electrons. The van der Waals surface area contributed by atoms with E-state index in [0.717, 1.165) is 29.0 Å². The number of fused-ring (bicyclic) bond motifs is 1. The Bertz CT molecular complexity index is 709. The van der Waals surface area contributed by atoms with Gasteiger partial charge in [-0.1, -0.05) is 0 Å². The molecule has 0 aromatic carbocycles. The molecular weight excluding hydrogens is 230 g/mol. The van der Waals surface area contributed by atoms with Crippen molar-refractivity contribution in [2.75, 3.05) is 5.73 Å². The number of imidazole rings is 1. The van der Waals surface area contributed by atoms with E-state index < -0.39 is 0 Å². The first-order valence-electron chi connectivity index (χ1n) is 5.70. The zero-order valence-corrected chi connectivity index (χ0v) is 10.2. The summed E-state index contributed by atoms with van der Waals surface area (Å²) in [5.41, 5.74) is 9.79. The van der Waals surface area contributed by atoms with E-state index in [-0.39, 0.29) is 5.95 Å². The average Bonchev–Trinajstić information content (AvgIpc) is 2.94. The molecule has 0 aliphatic carbocycles. The number of H-pyrrole nitrogens is 1. The Morgan fingerprint density at radius 2 is 2.22 bits per heavy atom. The van der Waals surface area contributed by atoms with Crippen molar-refractivity contribution in [3.63, 3.8) is 0 Å². The maximum atomic E-state index is 5.71. The van der Waals surface area contributed by atoms with Gasteiger partial charge in [0.1, 0.15) is 11.2 Å². The largest absolute Gasteiger partial charge is 0.368 e. The molecular formula is C11H13N7. The van der Waals surface area contributed by atoms with Crippen LogP contribution in [0.3, 0.4) is 0 Å². The number of aromatic nitrogens is 6. The van der Waals surface area contributed by atoms with Crippen LogP contribution in [0.4, 0.5) is 5.95 Å². The van der Waals surface area contributed by atoms with Crippen molar-refractivity contribution in [3.8, 4) is 11.3 Å². The lowest BCUT2D eigenvalue weighted by molar-refractivity contribution is 0.640. The minimum absolute atomic E-state index is 0.216. The highest BCUT2D eigenvalue weighted by molar-refractivity contribution is 5.88. The fraction of sp³-hybridized carbons (Fsp3) is 0.273. The highest BCUT2D eigenvalue weighted by Gasteiger charge is 2.15. The van der Waals surface area contributed by atoms with Crippen LogP contribution in [0, 0.1) is 6.92 Å². The Balaban J connectivity index is 2.30. The topological polar surface area (TPSA) is 98.3 Å². The number of aromatic amines is 1. The van der Waals surface area contributed by atoms with Gasteiger partial charge < -0.3 is 10.7 Å². The number of nitrogens with one attached hydrogen (secondary N) is 1. The minimum Gasteiger partial charge on any atom is -0.368 e. The first-order valence-corrected chi connectivity index (χ1v) is 5.70. The van der Waals surface area contributed by atoms with E-state index in [1.807, 2.05) is 18.5 Å². The predicted octanol–water partition coefficient (Wildman–Crippen LogP) is 1.13. The molecule has 0 bridgehead atoms. The maximum absolute atomic E-state index is 5.71. The third-order valence-electron chi connectivity index (χ3n) is 2.96. The monoisotopic (exact) mass is 243 g/mol. The number of aryl methyl sites for hydroxylation is 1. The van der Waals surface area contributed by atoms with Crippen LogP contribution in [0.5, 0.6) is 0 Å². The summed E-state index contributed by atoms with van der Waals surface area (Å²) < 4.78 is 1.91. The van der Waals surface area contributed by atoms with Crippen LogP contribution in [0.15, 0.2) is 12.5 Å². The molecule has 0 saturated carbocycles. The van der Waals surface area contributed by atoms with Gasteiger partial charge in [0.15, 0.2) is 5.65 Å². The second-order valence-corrected chi connectivity index (χ2v) is 3.99. The minimum atomic E-state index is 0.216. The standard InChI is InChI=1S/C11H13N7/c1-3-18-6(2)7(4-15-18)8-9-10(14-5-13-9)17-11(12)16-8/h4-5H,3H2,1-2H3,(H3,12,13,14,16,17). The summed E-state index contributed by atoms with van der Waals surface area (Å²) >= 11 is 0. The molecule has 3 heterocycles. The molecule has 0 aliphatic heterocycles. The third-order valence-corrected chi connectivity index (χ3v) is 2.96. The van der Waals surface area contributed by atoms with Gasteiger partial charge in [-0.3, -0.25) is 4.68 Å². The van der Waals surface area contributed by atoms with Gasteiger partial charge >= 0.3 is 0 Å². The molecule has 0 unspecified atom stereocenters. The van der Waals surface area contributed by atoms with Crippen molar-refractivity contribution in [3.05, 3.63) is 18.2 Å². The fourth-order valence-electron chi connectivity index (χ4n) is 2.04. The Morgan fingerprint density at radius 3 is 2.94 bits per heavy atom. The Labute approximate surface area is 103 Å². The fourth-order valence-corrected chi connectivity index (χ4v) is 2.04. The lowest BCUT2D eigenvalue weighted by atomic mass is 10.1. The zero-order valence-electron chi connectivity index (χ0n) is 10.2. The molecule has 7 nitrogen and oxygen atoms in total. The maximum Gasteiger partial charge on any atom is 0.222 e. The normalized spacial score (nSPS) is 11.2. The molecule has 0 atom stereocenters. The first kappa shape index (κ1) is 10.7. The van der Waals surface area contributed by atoms with Crippen LogP contribution in [0.2, 0.25) is 0 Å². The van der Waals surface area contributed by atoms with Crippen molar-refractivity contribution in [2.24, 2.45) is 0 Å². The number of anilines is 1. The number of rotatable bonds is 2. The number of nitrogens with two attached hydrogens (primary N) is 1. The molecule has 0 aliphatic rings. The van der Waals surface area contributed by atoms with Crippen LogP contribution >= 0.6 is 0 Å². The summed E-state index contributed by atoms with van der Waals surface area (Å²) in [5.74, 6) is 0.216. The summed E-state index contributed by atoms with van der Waals surface area (Å²) in [6.45, 7) is 4.87. The lowest BCUT2D eigenvalue weighted by Gasteiger charge is -2.03. The van der Waals surface area contributed by atoms with Crippen LogP contribution in [-0.2, 0) is 6.54 Å². The Hall–Kier alpha value is -2.44. The van der Waals surface area contributed by atoms with Crippen molar-refractivity contribution in [1.82, 2.24) is 29.7 Å². The molecule has 0 spiro atoms. The van der Waals surface area contributed by atoms with Gasteiger partial charge in [-0.05, 0) is 13.8 Å². The number of hydrogen-bond donors (Lipinski definition) is 2. The summed E-state index contributed by atoms with van der Waals surface area (Å²) in [4.78, 5) is 15.5. The average molecular weight is 243 g/mol. The summed E-state index contributed by atoms with van der Waals surface area (Å²) in [5, 5.41) is 4.31. The molecule has 0 saturated heterocycles. The predicted molar refractivity (Wildman–Crippen MR) is 67.7 cm³/mol. The molecule has 0 radical (unpaired) electrons. The van der Waals surface area contributed by atoms with E-state index in [9.17, 15) is 0 Å². The van der Waals surface area contributed by atoms with E-state index in [1.165, 1.54) is 0 Å². The number of nitrogen functional groups attached to an aromatic ring is 1. The van der Waals surface area contributed by atoms with Gasteiger partial charge in [-0.25, -0.2) is 9.97 Å². The van der Waals surface area contributed by atoms with E-state index >= 15 is 0 Å².